The van der Waals surface area contributed by atoms with Gasteiger partial charge in [-0.05, 0) is 25.3 Å². The van der Waals surface area contributed by atoms with Crippen molar-refractivity contribution in [3.8, 4) is 0 Å². The molecule has 1 spiro atoms. The Kier molecular flexibility index (Phi) is 2.99. The third-order valence-corrected chi connectivity index (χ3v) is 4.72. The first-order valence-electron chi connectivity index (χ1n) is 7.80. The summed E-state index contributed by atoms with van der Waals surface area (Å²) in [5, 5.41) is 8.16. The summed E-state index contributed by atoms with van der Waals surface area (Å²) < 4.78 is 1.76. The second-order valence-electron chi connectivity index (χ2n) is 6.45. The minimum Gasteiger partial charge on any atom is -0.355 e. The van der Waals surface area contributed by atoms with Gasteiger partial charge in [-0.25, -0.2) is 9.67 Å². The number of aromatic nitrogens is 4. The van der Waals surface area contributed by atoms with Gasteiger partial charge in [0.05, 0.1) is 12.2 Å². The lowest BCUT2D eigenvalue weighted by molar-refractivity contribution is 0.111. The molecular formula is C16H19N5O. The Morgan fingerprint density at radius 2 is 2.14 bits per heavy atom. The molecule has 114 valence electrons. The van der Waals surface area contributed by atoms with E-state index in [0.717, 1.165) is 42.9 Å². The second-order valence-corrected chi connectivity index (χ2v) is 6.45. The predicted octanol–water partition coefficient (Wildman–Crippen LogP) is 1.70. The number of pyridine rings is 1. The molecule has 1 saturated carbocycles. The molecule has 0 N–H and O–H groups in total. The van der Waals surface area contributed by atoms with Crippen LogP contribution in [0.3, 0.4) is 0 Å². The molecule has 2 aromatic rings. The van der Waals surface area contributed by atoms with E-state index in [0.29, 0.717) is 17.7 Å². The summed E-state index contributed by atoms with van der Waals surface area (Å²) >= 11 is 0. The highest BCUT2D eigenvalue weighted by atomic mass is 16.1. The van der Waals surface area contributed by atoms with Crippen molar-refractivity contribution in [2.24, 2.45) is 5.41 Å². The quantitative estimate of drug-likeness (QED) is 0.786. The van der Waals surface area contributed by atoms with Crippen LogP contribution in [-0.2, 0) is 13.0 Å². The van der Waals surface area contributed by atoms with E-state index in [1.807, 2.05) is 25.3 Å². The van der Waals surface area contributed by atoms with Crippen LogP contribution in [0.25, 0.3) is 0 Å². The van der Waals surface area contributed by atoms with E-state index in [2.05, 4.69) is 20.2 Å². The molecule has 0 atom stereocenters. The third kappa shape index (κ3) is 2.28. The second kappa shape index (κ2) is 4.90. The van der Waals surface area contributed by atoms with Crippen LogP contribution in [0.5, 0.6) is 0 Å². The van der Waals surface area contributed by atoms with E-state index in [1.54, 1.807) is 4.68 Å². The molecule has 1 aliphatic carbocycles. The Balaban J connectivity index is 1.53. The first kappa shape index (κ1) is 13.4. The van der Waals surface area contributed by atoms with Crippen molar-refractivity contribution in [1.82, 2.24) is 20.0 Å². The van der Waals surface area contributed by atoms with Crippen molar-refractivity contribution in [2.45, 2.75) is 32.7 Å². The van der Waals surface area contributed by atoms with Gasteiger partial charge < -0.3 is 4.90 Å². The smallest absolute Gasteiger partial charge is 0.168 e. The Bertz CT molecular complexity index is 711. The molecule has 4 rings (SSSR count). The fourth-order valence-corrected chi connectivity index (χ4v) is 3.08. The molecule has 1 saturated heterocycles. The molecule has 1 aliphatic heterocycles. The number of anilines is 1. The van der Waals surface area contributed by atoms with Gasteiger partial charge in [0, 0.05) is 30.3 Å². The molecule has 2 fully saturated rings. The molecule has 6 heteroatoms. The third-order valence-electron chi connectivity index (χ3n) is 4.72. The lowest BCUT2D eigenvalue weighted by Crippen LogP contribution is -2.48. The maximum absolute atomic E-state index is 11.4. The monoisotopic (exact) mass is 297 g/mol. The summed E-state index contributed by atoms with van der Waals surface area (Å²) in [5.41, 5.74) is 2.92. The number of hydrogen-bond acceptors (Lipinski definition) is 5. The van der Waals surface area contributed by atoms with E-state index < -0.39 is 0 Å². The lowest BCUT2D eigenvalue weighted by atomic mass is 9.97. The van der Waals surface area contributed by atoms with Gasteiger partial charge in [-0.3, -0.25) is 4.79 Å². The highest BCUT2D eigenvalue weighted by Crippen LogP contribution is 2.53. The minimum absolute atomic E-state index is 0.503. The molecule has 22 heavy (non-hydrogen) atoms. The highest BCUT2D eigenvalue weighted by Gasteiger charge is 2.52. The molecule has 2 aromatic heterocycles. The van der Waals surface area contributed by atoms with Crippen LogP contribution in [0.2, 0.25) is 0 Å². The van der Waals surface area contributed by atoms with Gasteiger partial charge in [0.2, 0.25) is 0 Å². The van der Waals surface area contributed by atoms with Crippen molar-refractivity contribution >= 4 is 12.1 Å². The Labute approximate surface area is 129 Å². The first-order chi connectivity index (χ1) is 10.7. The predicted molar refractivity (Wildman–Crippen MR) is 82.0 cm³/mol. The van der Waals surface area contributed by atoms with Crippen molar-refractivity contribution in [3.63, 3.8) is 0 Å². The fraction of sp³-hybridized carbons (Fsp3) is 0.500. The summed E-state index contributed by atoms with van der Waals surface area (Å²) in [6.07, 6.45) is 6.29. The van der Waals surface area contributed by atoms with Crippen molar-refractivity contribution in [3.05, 3.63) is 35.3 Å². The summed E-state index contributed by atoms with van der Waals surface area (Å²) in [4.78, 5) is 18.2. The summed E-state index contributed by atoms with van der Waals surface area (Å²) in [5.74, 6) is 0.913. The summed E-state index contributed by atoms with van der Waals surface area (Å²) in [7, 11) is 0. The van der Waals surface area contributed by atoms with E-state index in [1.165, 1.54) is 12.8 Å². The average molecular weight is 297 g/mol. The van der Waals surface area contributed by atoms with Crippen LogP contribution < -0.4 is 4.90 Å². The van der Waals surface area contributed by atoms with Gasteiger partial charge >= 0.3 is 0 Å². The van der Waals surface area contributed by atoms with Crippen LogP contribution in [0, 0.1) is 5.41 Å². The highest BCUT2D eigenvalue weighted by molar-refractivity contribution is 5.75. The van der Waals surface area contributed by atoms with Crippen LogP contribution in [0.1, 0.15) is 41.5 Å². The number of aryl methyl sites for hydroxylation is 1. The first-order valence-corrected chi connectivity index (χ1v) is 7.80. The standard InChI is InChI=1S/C16H19N5O/c1-2-13-8-21(19-18-13)7-12-3-4-15(17-14(12)9-22)20-10-16(11-20)5-6-16/h3-4,8-9H,2,5-7,10-11H2,1H3. The van der Waals surface area contributed by atoms with Gasteiger partial charge in [0.15, 0.2) is 6.29 Å². The normalized spacial score (nSPS) is 18.3. The summed E-state index contributed by atoms with van der Waals surface area (Å²) in [6, 6.07) is 3.99. The van der Waals surface area contributed by atoms with Gasteiger partial charge in [-0.1, -0.05) is 18.2 Å². The van der Waals surface area contributed by atoms with Gasteiger partial charge in [-0.2, -0.15) is 0 Å². The average Bonchev–Trinajstić information content (AvgIpc) is 3.19. The maximum Gasteiger partial charge on any atom is 0.168 e. The Morgan fingerprint density at radius 3 is 2.77 bits per heavy atom. The maximum atomic E-state index is 11.4. The number of rotatable bonds is 5. The van der Waals surface area contributed by atoms with Crippen LogP contribution in [-0.4, -0.2) is 39.4 Å². The molecule has 0 aromatic carbocycles. The lowest BCUT2D eigenvalue weighted by Gasteiger charge is -2.41. The fourth-order valence-electron chi connectivity index (χ4n) is 3.08. The van der Waals surface area contributed by atoms with Gasteiger partial charge in [0.1, 0.15) is 11.5 Å². The molecule has 0 amide bonds. The molecule has 0 unspecified atom stereocenters. The Hall–Kier alpha value is -2.24. The Morgan fingerprint density at radius 1 is 1.32 bits per heavy atom. The number of carbonyl (C=O) groups excluding carboxylic acids is 1. The zero-order valence-electron chi connectivity index (χ0n) is 12.7. The number of nitrogens with zero attached hydrogens (tertiary/aromatic N) is 5. The van der Waals surface area contributed by atoms with Crippen LogP contribution in [0.15, 0.2) is 18.3 Å². The molecule has 6 nitrogen and oxygen atoms in total. The molecule has 3 heterocycles. The number of aldehydes is 1. The topological polar surface area (TPSA) is 63.9 Å². The van der Waals surface area contributed by atoms with Crippen LogP contribution in [0.4, 0.5) is 5.82 Å². The molecule has 2 aliphatic rings. The molecule has 0 bridgehead atoms. The SMILES string of the molecule is CCc1cn(Cc2ccc(N3CC4(CC4)C3)nc2C=O)nn1. The molecular weight excluding hydrogens is 278 g/mol. The summed E-state index contributed by atoms with van der Waals surface area (Å²) in [6.45, 7) is 4.74. The number of hydrogen-bond donors (Lipinski definition) is 0. The zero-order valence-corrected chi connectivity index (χ0v) is 12.7. The van der Waals surface area contributed by atoms with Crippen molar-refractivity contribution < 1.29 is 4.79 Å². The van der Waals surface area contributed by atoms with E-state index in [9.17, 15) is 4.79 Å². The minimum atomic E-state index is 0.503. The van der Waals surface area contributed by atoms with E-state index >= 15 is 0 Å². The van der Waals surface area contributed by atoms with Gasteiger partial charge in [-0.15, -0.1) is 5.10 Å². The zero-order chi connectivity index (χ0) is 15.2. The molecule has 0 radical (unpaired) electrons. The van der Waals surface area contributed by atoms with Gasteiger partial charge in [0.25, 0.3) is 0 Å². The van der Waals surface area contributed by atoms with Crippen molar-refractivity contribution in [1.29, 1.82) is 0 Å². The number of carbonyl (C=O) groups is 1. The van der Waals surface area contributed by atoms with Crippen molar-refractivity contribution in [2.75, 3.05) is 18.0 Å². The van der Waals surface area contributed by atoms with Crippen LogP contribution >= 0.6 is 0 Å². The van der Waals surface area contributed by atoms with E-state index in [-0.39, 0.29) is 0 Å². The van der Waals surface area contributed by atoms with E-state index in [4.69, 9.17) is 0 Å². The largest absolute Gasteiger partial charge is 0.355 e.